The van der Waals surface area contributed by atoms with Crippen molar-refractivity contribution in [3.8, 4) is 0 Å². The lowest BCUT2D eigenvalue weighted by molar-refractivity contribution is -0.115. The maximum atomic E-state index is 11.0. The molecule has 0 bridgehead atoms. The smallest absolute Gasteiger partial charge is 0.416 e. The van der Waals surface area contributed by atoms with Gasteiger partial charge in [-0.1, -0.05) is 34.1 Å². The first-order valence-corrected chi connectivity index (χ1v) is 6.02. The summed E-state index contributed by atoms with van der Waals surface area (Å²) in [5, 5.41) is 0. The first-order chi connectivity index (χ1) is 7.99. The molecule has 0 saturated carbocycles. The van der Waals surface area contributed by atoms with Crippen LogP contribution in [-0.2, 0) is 9.53 Å². The van der Waals surface area contributed by atoms with Gasteiger partial charge >= 0.3 is 6.09 Å². The molecular formula is C12H26FNO3. The molecule has 4 nitrogen and oxygen atoms in total. The van der Waals surface area contributed by atoms with Crippen LogP contribution in [0.1, 0.15) is 48.0 Å². The summed E-state index contributed by atoms with van der Waals surface area (Å²) >= 11 is 0. The Hall–Kier alpha value is -1.13. The number of halogens is 1. The quantitative estimate of drug-likeness (QED) is 0.671. The summed E-state index contributed by atoms with van der Waals surface area (Å²) in [6, 6.07) is 0. The van der Waals surface area contributed by atoms with Crippen molar-refractivity contribution in [3.63, 3.8) is 0 Å². The number of amides is 2. The molecule has 5 heteroatoms. The van der Waals surface area contributed by atoms with E-state index in [1.807, 2.05) is 13.8 Å². The molecule has 104 valence electrons. The van der Waals surface area contributed by atoms with Gasteiger partial charge in [-0.3, -0.25) is 4.79 Å². The minimum Gasteiger partial charge on any atom is -0.447 e. The molecule has 1 heterocycles. The molecule has 0 aromatic rings. The number of alkyl halides is 1. The maximum absolute atomic E-state index is 11.0. The van der Waals surface area contributed by atoms with E-state index in [0.717, 1.165) is 4.90 Å². The van der Waals surface area contributed by atoms with E-state index in [-0.39, 0.29) is 0 Å². The fraction of sp³-hybridized carbons (Fsp3) is 0.833. The van der Waals surface area contributed by atoms with E-state index >= 15 is 0 Å². The molecule has 17 heavy (non-hydrogen) atoms. The predicted molar refractivity (Wildman–Crippen MR) is 67.7 cm³/mol. The lowest BCUT2D eigenvalue weighted by Gasteiger charge is -1.97. The van der Waals surface area contributed by atoms with Gasteiger partial charge in [0, 0.05) is 0 Å². The lowest BCUT2D eigenvalue weighted by Crippen LogP contribution is -2.21. The van der Waals surface area contributed by atoms with Gasteiger partial charge in [0.05, 0.1) is 12.7 Å². The molecule has 2 amide bonds. The van der Waals surface area contributed by atoms with Crippen LogP contribution in [0.2, 0.25) is 0 Å². The summed E-state index contributed by atoms with van der Waals surface area (Å²) < 4.78 is 15.4. The second-order valence-corrected chi connectivity index (χ2v) is 3.13. The molecule has 1 saturated heterocycles. The van der Waals surface area contributed by atoms with Crippen LogP contribution in [0, 0.1) is 0 Å². The summed E-state index contributed by atoms with van der Waals surface area (Å²) in [4.78, 5) is 21.1. The van der Waals surface area contributed by atoms with Gasteiger partial charge in [-0.2, -0.15) is 0 Å². The normalized spacial score (nSPS) is 12.2. The molecule has 0 unspecified atom stereocenters. The summed E-state index contributed by atoms with van der Waals surface area (Å²) in [7, 11) is 0. The van der Waals surface area contributed by atoms with Gasteiger partial charge in [0.25, 0.3) is 0 Å². The SMILES string of the molecule is CC.CC(C)F.CCC.O=CN1CCOC1=O. The van der Waals surface area contributed by atoms with E-state index in [2.05, 4.69) is 18.6 Å². The van der Waals surface area contributed by atoms with Gasteiger partial charge < -0.3 is 4.74 Å². The number of carbonyl (C=O) groups is 2. The Morgan fingerprint density at radius 1 is 1.41 bits per heavy atom. The summed E-state index contributed by atoms with van der Waals surface area (Å²) in [5.41, 5.74) is 0. The van der Waals surface area contributed by atoms with Crippen LogP contribution >= 0.6 is 0 Å². The fourth-order valence-electron chi connectivity index (χ4n) is 0.501. The first kappa shape index (κ1) is 21.2. The van der Waals surface area contributed by atoms with Crippen LogP contribution in [-0.4, -0.2) is 36.7 Å². The van der Waals surface area contributed by atoms with Gasteiger partial charge in [-0.05, 0) is 13.8 Å². The highest BCUT2D eigenvalue weighted by molar-refractivity contribution is 5.81. The summed E-state index contributed by atoms with van der Waals surface area (Å²) in [6.45, 7) is 12.0. The molecule has 0 radical (unpaired) electrons. The van der Waals surface area contributed by atoms with E-state index in [1.54, 1.807) is 0 Å². The molecule has 0 aromatic carbocycles. The van der Waals surface area contributed by atoms with E-state index in [4.69, 9.17) is 0 Å². The Labute approximate surface area is 104 Å². The Morgan fingerprint density at radius 3 is 1.88 bits per heavy atom. The number of ether oxygens (including phenoxy) is 1. The van der Waals surface area contributed by atoms with Crippen LogP contribution < -0.4 is 0 Å². The van der Waals surface area contributed by atoms with Crippen molar-refractivity contribution in [2.24, 2.45) is 0 Å². The van der Waals surface area contributed by atoms with Crippen molar-refractivity contribution < 1.29 is 18.7 Å². The zero-order valence-corrected chi connectivity index (χ0v) is 11.8. The second kappa shape index (κ2) is 17.3. The van der Waals surface area contributed by atoms with Gasteiger partial charge in [0.15, 0.2) is 0 Å². The third-order valence-electron chi connectivity index (χ3n) is 0.919. The van der Waals surface area contributed by atoms with E-state index in [1.165, 1.54) is 20.3 Å². The lowest BCUT2D eigenvalue weighted by atomic mass is 10.5. The molecule has 0 atom stereocenters. The Morgan fingerprint density at radius 2 is 1.76 bits per heavy atom. The van der Waals surface area contributed by atoms with E-state index in [9.17, 15) is 14.0 Å². The molecule has 1 aliphatic rings. The average Bonchev–Trinajstić information content (AvgIpc) is 2.67. The van der Waals surface area contributed by atoms with Crippen molar-refractivity contribution in [1.82, 2.24) is 4.90 Å². The predicted octanol–water partition coefficient (Wildman–Crippen LogP) is 3.40. The van der Waals surface area contributed by atoms with E-state index < -0.39 is 12.3 Å². The van der Waals surface area contributed by atoms with E-state index in [0.29, 0.717) is 19.6 Å². The number of nitrogens with zero attached hydrogens (tertiary/aromatic N) is 1. The van der Waals surface area contributed by atoms with Gasteiger partial charge in [-0.15, -0.1) is 0 Å². The van der Waals surface area contributed by atoms with Crippen molar-refractivity contribution in [1.29, 1.82) is 0 Å². The highest BCUT2D eigenvalue weighted by atomic mass is 19.1. The van der Waals surface area contributed by atoms with Crippen LogP contribution in [0.15, 0.2) is 0 Å². The van der Waals surface area contributed by atoms with Crippen molar-refractivity contribution in [2.75, 3.05) is 13.2 Å². The van der Waals surface area contributed by atoms with Crippen LogP contribution in [0.4, 0.5) is 9.18 Å². The van der Waals surface area contributed by atoms with Gasteiger partial charge in [0.1, 0.15) is 6.61 Å². The number of imide groups is 1. The Balaban J connectivity index is -0.000000186. The van der Waals surface area contributed by atoms with Crippen LogP contribution in [0.3, 0.4) is 0 Å². The van der Waals surface area contributed by atoms with Crippen molar-refractivity contribution in [3.05, 3.63) is 0 Å². The minimum atomic E-state index is -0.667. The number of cyclic esters (lactones) is 1. The Bertz CT molecular complexity index is 172. The summed E-state index contributed by atoms with van der Waals surface area (Å²) in [5.74, 6) is 0. The molecule has 0 N–H and O–H groups in total. The summed E-state index contributed by atoms with van der Waals surface area (Å²) in [6.07, 6.45) is 0.509. The van der Waals surface area contributed by atoms with Gasteiger partial charge in [0.2, 0.25) is 6.41 Å². The van der Waals surface area contributed by atoms with Crippen LogP contribution in [0.5, 0.6) is 0 Å². The topological polar surface area (TPSA) is 46.6 Å². The molecule has 1 rings (SSSR count). The standard InChI is InChI=1S/C4H5NO3.C3H7F.C3H8.C2H6/c6-3-5-1-2-8-4(5)7;1-3(2)4;1-3-2;1-2/h3H,1-2H2;3H,1-2H3;3H2,1-2H3;1-2H3. The zero-order chi connectivity index (χ0) is 14.3. The third kappa shape index (κ3) is 20.8. The third-order valence-corrected chi connectivity index (χ3v) is 0.919. The monoisotopic (exact) mass is 251 g/mol. The molecular weight excluding hydrogens is 225 g/mol. The molecule has 0 spiro atoms. The number of hydrogen-bond donors (Lipinski definition) is 0. The molecule has 0 aliphatic carbocycles. The molecule has 0 aromatic heterocycles. The van der Waals surface area contributed by atoms with Crippen molar-refractivity contribution >= 4 is 12.5 Å². The highest BCUT2D eigenvalue weighted by Crippen LogP contribution is 1.97. The van der Waals surface area contributed by atoms with Gasteiger partial charge in [-0.25, -0.2) is 14.1 Å². The number of hydrogen-bond acceptors (Lipinski definition) is 3. The fourth-order valence-corrected chi connectivity index (χ4v) is 0.501. The van der Waals surface area contributed by atoms with Crippen LogP contribution in [0.25, 0.3) is 0 Å². The average molecular weight is 251 g/mol. The van der Waals surface area contributed by atoms with Crippen molar-refractivity contribution in [2.45, 2.75) is 54.1 Å². The minimum absolute atomic E-state index is 0.331. The number of carbonyl (C=O) groups excluding carboxylic acids is 2. The zero-order valence-electron chi connectivity index (χ0n) is 11.8. The maximum Gasteiger partial charge on any atom is 0.416 e. The molecule has 1 fully saturated rings. The Kier molecular flexibility index (Phi) is 21.5. The first-order valence-electron chi connectivity index (χ1n) is 6.02. The highest BCUT2D eigenvalue weighted by Gasteiger charge is 2.19. The molecule has 1 aliphatic heterocycles. The second-order valence-electron chi connectivity index (χ2n) is 3.13. The number of rotatable bonds is 1. The largest absolute Gasteiger partial charge is 0.447 e.